The molecule has 0 spiro atoms. The van der Waals surface area contributed by atoms with Crippen molar-refractivity contribution in [3.05, 3.63) is 28.4 Å². The minimum atomic E-state index is -3.94. The molecule has 3 nitrogen and oxygen atoms in total. The molecule has 0 saturated carbocycles. The van der Waals surface area contributed by atoms with Crippen LogP contribution in [0.15, 0.2) is 23.2 Å². The number of aromatic amines is 1. The number of fused-ring (bicyclic) bond motifs is 1. The molecule has 0 bridgehead atoms. The highest BCUT2D eigenvalue weighted by molar-refractivity contribution is 8.14. The highest BCUT2D eigenvalue weighted by Gasteiger charge is 2.21. The molecule has 2 aromatic rings. The Labute approximate surface area is 100 Å². The fourth-order valence-electron chi connectivity index (χ4n) is 1.34. The summed E-state index contributed by atoms with van der Waals surface area (Å²) in [4.78, 5) is 2.62. The maximum absolute atomic E-state index is 11.2. The van der Waals surface area contributed by atoms with E-state index in [1.54, 1.807) is 12.3 Å². The molecule has 1 heterocycles. The number of H-pyrrole nitrogens is 1. The largest absolute Gasteiger partial charge is 0.361 e. The molecule has 1 aromatic carbocycles. The fraction of sp³-hybridized carbons (Fsp3) is 0. The van der Waals surface area contributed by atoms with Gasteiger partial charge in [-0.15, -0.1) is 0 Å². The Bertz CT molecular complexity index is 633. The van der Waals surface area contributed by atoms with Crippen molar-refractivity contribution >= 4 is 53.8 Å². The smallest absolute Gasteiger partial charge is 0.264 e. The van der Waals surface area contributed by atoms with Gasteiger partial charge in [0.1, 0.15) is 4.90 Å². The van der Waals surface area contributed by atoms with Gasteiger partial charge in [-0.3, -0.25) is 0 Å². The number of aromatic nitrogens is 1. The Morgan fingerprint density at radius 2 is 1.93 bits per heavy atom. The van der Waals surface area contributed by atoms with Crippen molar-refractivity contribution in [2.45, 2.75) is 4.90 Å². The normalized spacial score (nSPS) is 12.2. The Balaban J connectivity index is 2.97. The zero-order valence-corrected chi connectivity index (χ0v) is 10.2. The molecule has 0 aliphatic heterocycles. The quantitative estimate of drug-likeness (QED) is 0.816. The topological polar surface area (TPSA) is 49.9 Å². The molecule has 0 amide bonds. The molecule has 0 unspecified atom stereocenters. The van der Waals surface area contributed by atoms with Crippen LogP contribution in [0.5, 0.6) is 0 Å². The summed E-state index contributed by atoms with van der Waals surface area (Å²) in [6.07, 6.45) is 1.64. The summed E-state index contributed by atoms with van der Waals surface area (Å²) in [6.45, 7) is 0. The standard InChI is InChI=1S/C8H4Cl3NO2S/c9-5-3-6-4(1-2-12-6)7(10)8(5)15(11,13)14/h1-3,12H. The van der Waals surface area contributed by atoms with Gasteiger partial charge in [-0.2, -0.15) is 0 Å². The molecule has 1 N–H and O–H groups in total. The lowest BCUT2D eigenvalue weighted by Crippen LogP contribution is -1.93. The molecule has 0 radical (unpaired) electrons. The first-order valence-corrected chi connectivity index (χ1v) is 6.87. The molecule has 1 aromatic heterocycles. The van der Waals surface area contributed by atoms with Gasteiger partial charge in [0.25, 0.3) is 9.05 Å². The van der Waals surface area contributed by atoms with E-state index in [2.05, 4.69) is 4.98 Å². The Hall–Kier alpha value is -0.420. The van der Waals surface area contributed by atoms with Gasteiger partial charge in [0.05, 0.1) is 10.0 Å². The first kappa shape index (κ1) is 11.1. The van der Waals surface area contributed by atoms with Gasteiger partial charge in [0.15, 0.2) is 0 Å². The maximum Gasteiger partial charge on any atom is 0.264 e. The molecule has 0 saturated heterocycles. The van der Waals surface area contributed by atoms with Crippen LogP contribution < -0.4 is 0 Å². The van der Waals surface area contributed by atoms with Gasteiger partial charge >= 0.3 is 0 Å². The van der Waals surface area contributed by atoms with E-state index in [1.165, 1.54) is 6.07 Å². The molecular weight excluding hydrogens is 281 g/mol. The van der Waals surface area contributed by atoms with E-state index in [9.17, 15) is 8.42 Å². The van der Waals surface area contributed by atoms with E-state index in [4.69, 9.17) is 33.9 Å². The van der Waals surface area contributed by atoms with Gasteiger partial charge in [-0.25, -0.2) is 8.42 Å². The molecule has 0 atom stereocenters. The molecular formula is C8H4Cl3NO2S. The van der Waals surface area contributed by atoms with Crippen molar-refractivity contribution in [1.82, 2.24) is 4.98 Å². The second kappa shape index (κ2) is 3.56. The molecule has 0 aliphatic rings. The molecule has 0 aliphatic carbocycles. The van der Waals surface area contributed by atoms with Gasteiger partial charge in [-0.05, 0) is 12.1 Å². The molecule has 80 valence electrons. The summed E-state index contributed by atoms with van der Waals surface area (Å²) >= 11 is 11.7. The van der Waals surface area contributed by atoms with E-state index in [-0.39, 0.29) is 14.9 Å². The summed E-state index contributed by atoms with van der Waals surface area (Å²) in [7, 11) is 1.29. The Morgan fingerprint density at radius 3 is 2.53 bits per heavy atom. The first-order valence-electron chi connectivity index (χ1n) is 3.81. The number of nitrogens with one attached hydrogen (secondary N) is 1. The maximum atomic E-state index is 11.2. The third-order valence-electron chi connectivity index (χ3n) is 1.95. The van der Waals surface area contributed by atoms with Crippen molar-refractivity contribution in [1.29, 1.82) is 0 Å². The summed E-state index contributed by atoms with van der Waals surface area (Å²) < 4.78 is 22.5. The van der Waals surface area contributed by atoms with Gasteiger partial charge in [-0.1, -0.05) is 23.2 Å². The van der Waals surface area contributed by atoms with Crippen LogP contribution in [-0.4, -0.2) is 13.4 Å². The molecule has 0 fully saturated rings. The Kier molecular flexibility index (Phi) is 2.63. The molecule has 2 rings (SSSR count). The zero-order chi connectivity index (χ0) is 11.2. The summed E-state index contributed by atoms with van der Waals surface area (Å²) in [5, 5.41) is 0.610. The van der Waals surface area contributed by atoms with E-state index in [1.807, 2.05) is 0 Å². The molecule has 7 heteroatoms. The van der Waals surface area contributed by atoms with Gasteiger partial charge < -0.3 is 4.98 Å². The van der Waals surface area contributed by atoms with Crippen molar-refractivity contribution in [3.63, 3.8) is 0 Å². The van der Waals surface area contributed by atoms with Crippen molar-refractivity contribution < 1.29 is 8.42 Å². The second-order valence-corrected chi connectivity index (χ2v) is 6.17. The predicted octanol–water partition coefficient (Wildman–Crippen LogP) is 3.40. The van der Waals surface area contributed by atoms with E-state index >= 15 is 0 Å². The van der Waals surface area contributed by atoms with Crippen molar-refractivity contribution in [2.24, 2.45) is 0 Å². The summed E-state index contributed by atoms with van der Waals surface area (Å²) in [5.41, 5.74) is 0.661. The lowest BCUT2D eigenvalue weighted by atomic mass is 10.2. The fourth-order valence-corrected chi connectivity index (χ4v) is 3.80. The zero-order valence-electron chi connectivity index (χ0n) is 7.09. The minimum Gasteiger partial charge on any atom is -0.361 e. The Morgan fingerprint density at radius 1 is 1.27 bits per heavy atom. The number of benzene rings is 1. The highest BCUT2D eigenvalue weighted by Crippen LogP contribution is 2.37. The average molecular weight is 285 g/mol. The molecule has 15 heavy (non-hydrogen) atoms. The van der Waals surface area contributed by atoms with Crippen LogP contribution in [0.1, 0.15) is 0 Å². The summed E-state index contributed by atoms with van der Waals surface area (Å²) in [6, 6.07) is 3.12. The third-order valence-corrected chi connectivity index (χ3v) is 4.24. The predicted molar refractivity (Wildman–Crippen MR) is 61.4 cm³/mol. The van der Waals surface area contributed by atoms with Crippen LogP contribution in [-0.2, 0) is 9.05 Å². The van der Waals surface area contributed by atoms with Gasteiger partial charge in [0.2, 0.25) is 0 Å². The second-order valence-electron chi connectivity index (χ2n) is 2.88. The SMILES string of the molecule is O=S(=O)(Cl)c1c(Cl)cc2[nH]ccc2c1Cl. The monoisotopic (exact) mass is 283 g/mol. The van der Waals surface area contributed by atoms with Crippen LogP contribution in [0.2, 0.25) is 10.0 Å². The van der Waals surface area contributed by atoms with Crippen LogP contribution in [0.4, 0.5) is 0 Å². The number of hydrogen-bond donors (Lipinski definition) is 1. The van der Waals surface area contributed by atoms with Crippen LogP contribution in [0.3, 0.4) is 0 Å². The average Bonchev–Trinajstić information content (AvgIpc) is 2.48. The third kappa shape index (κ3) is 1.83. The van der Waals surface area contributed by atoms with E-state index in [0.29, 0.717) is 10.9 Å². The van der Waals surface area contributed by atoms with Crippen molar-refractivity contribution in [3.8, 4) is 0 Å². The number of rotatable bonds is 1. The van der Waals surface area contributed by atoms with Gasteiger partial charge in [0, 0.05) is 27.8 Å². The number of halogens is 3. The van der Waals surface area contributed by atoms with Crippen LogP contribution in [0, 0.1) is 0 Å². The first-order chi connectivity index (χ1) is 6.91. The van der Waals surface area contributed by atoms with Crippen LogP contribution >= 0.6 is 33.9 Å². The van der Waals surface area contributed by atoms with Crippen molar-refractivity contribution in [2.75, 3.05) is 0 Å². The lowest BCUT2D eigenvalue weighted by molar-refractivity contribution is 0.610. The van der Waals surface area contributed by atoms with Crippen LogP contribution in [0.25, 0.3) is 10.9 Å². The lowest BCUT2D eigenvalue weighted by Gasteiger charge is -2.04. The highest BCUT2D eigenvalue weighted by atomic mass is 35.7. The minimum absolute atomic E-state index is 0.00458. The number of hydrogen-bond acceptors (Lipinski definition) is 2. The van der Waals surface area contributed by atoms with E-state index < -0.39 is 9.05 Å². The van der Waals surface area contributed by atoms with E-state index in [0.717, 1.165) is 0 Å². The summed E-state index contributed by atoms with van der Waals surface area (Å²) in [5.74, 6) is 0.